The first-order valence-corrected chi connectivity index (χ1v) is 7.28. The average Bonchev–Trinajstić information content (AvgIpc) is 2.59. The van der Waals surface area contributed by atoms with Crippen molar-refractivity contribution in [3.63, 3.8) is 0 Å². The lowest BCUT2D eigenvalue weighted by Gasteiger charge is -2.21. The molecule has 3 nitrogen and oxygen atoms in total. The third-order valence-corrected chi connectivity index (χ3v) is 3.24. The molecule has 0 N–H and O–H groups in total. The third kappa shape index (κ3) is 5.58. The van der Waals surface area contributed by atoms with Gasteiger partial charge in [0, 0.05) is 6.42 Å². The van der Waals surface area contributed by atoms with Gasteiger partial charge in [-0.05, 0) is 45.1 Å². The summed E-state index contributed by atoms with van der Waals surface area (Å²) in [6, 6.07) is 0. The second-order valence-electron chi connectivity index (χ2n) is 6.25. The van der Waals surface area contributed by atoms with Crippen LogP contribution in [0.2, 0.25) is 0 Å². The van der Waals surface area contributed by atoms with Crippen LogP contribution in [0.25, 0.3) is 0 Å². The molecule has 0 radical (unpaired) electrons. The van der Waals surface area contributed by atoms with Gasteiger partial charge in [0.25, 0.3) is 0 Å². The molecule has 1 saturated carbocycles. The molecule has 0 aromatic rings. The molecule has 1 unspecified atom stereocenters. The molecule has 1 fully saturated rings. The summed E-state index contributed by atoms with van der Waals surface area (Å²) in [7, 11) is 0. The first-order valence-electron chi connectivity index (χ1n) is 7.28. The Balaban J connectivity index is 2.58. The van der Waals surface area contributed by atoms with Crippen LogP contribution in [0.3, 0.4) is 0 Å². The summed E-state index contributed by atoms with van der Waals surface area (Å²) >= 11 is 0. The van der Waals surface area contributed by atoms with E-state index in [9.17, 15) is 9.59 Å². The van der Waals surface area contributed by atoms with Gasteiger partial charge in [-0.1, -0.05) is 25.8 Å². The zero-order chi connectivity index (χ0) is 14.5. The molecule has 1 atom stereocenters. The van der Waals surface area contributed by atoms with Crippen LogP contribution in [-0.4, -0.2) is 17.4 Å². The van der Waals surface area contributed by atoms with E-state index in [4.69, 9.17) is 4.74 Å². The number of allylic oxidation sites excluding steroid dienone is 2. The summed E-state index contributed by atoms with van der Waals surface area (Å²) in [5.74, 6) is 0.0810. The monoisotopic (exact) mass is 266 g/mol. The highest BCUT2D eigenvalue weighted by atomic mass is 16.6. The van der Waals surface area contributed by atoms with E-state index in [0.717, 1.165) is 31.3 Å². The highest BCUT2D eigenvalue weighted by molar-refractivity contribution is 5.98. The van der Waals surface area contributed by atoms with Gasteiger partial charge in [0.05, 0.1) is 6.42 Å². The molecule has 0 aromatic heterocycles. The molecular formula is C16H26O3. The maximum atomic E-state index is 11.8. The summed E-state index contributed by atoms with van der Waals surface area (Å²) in [6.07, 6.45) is 6.88. The van der Waals surface area contributed by atoms with Crippen molar-refractivity contribution in [2.45, 2.75) is 71.8 Å². The minimum atomic E-state index is -0.453. The van der Waals surface area contributed by atoms with E-state index in [1.54, 1.807) is 0 Å². The van der Waals surface area contributed by atoms with Gasteiger partial charge in [0.1, 0.15) is 5.60 Å². The number of carbonyl (C=O) groups is 2. The van der Waals surface area contributed by atoms with Crippen LogP contribution in [0.5, 0.6) is 0 Å². The maximum Gasteiger partial charge on any atom is 0.306 e. The third-order valence-electron chi connectivity index (χ3n) is 3.24. The predicted octanol–water partition coefficient (Wildman–Crippen LogP) is 3.81. The van der Waals surface area contributed by atoms with Gasteiger partial charge < -0.3 is 4.74 Å². The molecule has 0 saturated heterocycles. The molecule has 0 heterocycles. The van der Waals surface area contributed by atoms with E-state index in [1.807, 2.05) is 26.8 Å². The van der Waals surface area contributed by atoms with Gasteiger partial charge in [0.15, 0.2) is 5.78 Å². The van der Waals surface area contributed by atoms with Crippen molar-refractivity contribution in [2.24, 2.45) is 5.92 Å². The van der Waals surface area contributed by atoms with Crippen LogP contribution >= 0.6 is 0 Å². The Morgan fingerprint density at radius 1 is 1.42 bits per heavy atom. The summed E-state index contributed by atoms with van der Waals surface area (Å²) < 4.78 is 5.33. The highest BCUT2D eigenvalue weighted by Gasteiger charge is 2.31. The van der Waals surface area contributed by atoms with Crippen LogP contribution in [0.15, 0.2) is 11.6 Å². The highest BCUT2D eigenvalue weighted by Crippen LogP contribution is 2.32. The Morgan fingerprint density at radius 3 is 2.68 bits per heavy atom. The van der Waals surface area contributed by atoms with Crippen molar-refractivity contribution >= 4 is 11.8 Å². The van der Waals surface area contributed by atoms with Gasteiger partial charge >= 0.3 is 5.97 Å². The number of carbonyl (C=O) groups excluding carboxylic acids is 2. The van der Waals surface area contributed by atoms with Gasteiger partial charge in [0.2, 0.25) is 0 Å². The Kier molecular flexibility index (Phi) is 5.77. The molecule has 108 valence electrons. The SMILES string of the molecule is CCCC/C=C1/C(=O)CCC1CC(=O)OC(C)(C)C. The second kappa shape index (κ2) is 6.88. The van der Waals surface area contributed by atoms with Gasteiger partial charge in [-0.15, -0.1) is 0 Å². The topological polar surface area (TPSA) is 43.4 Å². The number of hydrogen-bond acceptors (Lipinski definition) is 3. The maximum absolute atomic E-state index is 11.8. The molecule has 0 bridgehead atoms. The molecule has 1 aliphatic rings. The lowest BCUT2D eigenvalue weighted by Crippen LogP contribution is -2.25. The lowest BCUT2D eigenvalue weighted by molar-refractivity contribution is -0.155. The van der Waals surface area contributed by atoms with Crippen LogP contribution in [0.4, 0.5) is 0 Å². The predicted molar refractivity (Wildman–Crippen MR) is 75.8 cm³/mol. The standard InChI is InChI=1S/C16H26O3/c1-5-6-7-8-13-12(9-10-14(13)17)11-15(18)19-16(2,3)4/h8,12H,5-7,9-11H2,1-4H3/b13-8+. The van der Waals surface area contributed by atoms with Gasteiger partial charge in [-0.25, -0.2) is 0 Å². The smallest absolute Gasteiger partial charge is 0.306 e. The first kappa shape index (κ1) is 15.9. The molecule has 3 heteroatoms. The first-order chi connectivity index (χ1) is 8.83. The van der Waals surface area contributed by atoms with E-state index in [-0.39, 0.29) is 17.7 Å². The fourth-order valence-electron chi connectivity index (χ4n) is 2.37. The summed E-state index contributed by atoms with van der Waals surface area (Å²) in [5, 5.41) is 0. The van der Waals surface area contributed by atoms with Crippen LogP contribution in [0.1, 0.15) is 66.2 Å². The van der Waals surface area contributed by atoms with Crippen LogP contribution < -0.4 is 0 Å². The number of ether oxygens (including phenoxy) is 1. The quantitative estimate of drug-likeness (QED) is 0.431. The zero-order valence-electron chi connectivity index (χ0n) is 12.6. The van der Waals surface area contributed by atoms with Crippen molar-refractivity contribution in [3.8, 4) is 0 Å². The van der Waals surface area contributed by atoms with Crippen molar-refractivity contribution in [1.29, 1.82) is 0 Å². The number of esters is 1. The Labute approximate surface area is 116 Å². The van der Waals surface area contributed by atoms with E-state index in [2.05, 4.69) is 6.92 Å². The fourth-order valence-corrected chi connectivity index (χ4v) is 2.37. The molecule has 0 amide bonds. The van der Waals surface area contributed by atoms with Crippen molar-refractivity contribution in [2.75, 3.05) is 0 Å². The number of hydrogen-bond donors (Lipinski definition) is 0. The normalized spacial score (nSPS) is 22.0. The van der Waals surface area contributed by atoms with Gasteiger partial charge in [-0.3, -0.25) is 9.59 Å². The van der Waals surface area contributed by atoms with Crippen molar-refractivity contribution in [1.82, 2.24) is 0 Å². The molecule has 1 aliphatic carbocycles. The lowest BCUT2D eigenvalue weighted by atomic mass is 9.97. The zero-order valence-corrected chi connectivity index (χ0v) is 12.6. The number of rotatable bonds is 5. The Morgan fingerprint density at radius 2 is 2.11 bits per heavy atom. The van der Waals surface area contributed by atoms with E-state index in [1.165, 1.54) is 0 Å². The summed E-state index contributed by atoms with van der Waals surface area (Å²) in [4.78, 5) is 23.7. The molecular weight excluding hydrogens is 240 g/mol. The Bertz CT molecular complexity index is 361. The van der Waals surface area contributed by atoms with E-state index in [0.29, 0.717) is 12.8 Å². The number of Topliss-reactive ketones (excluding diaryl/α,β-unsaturated/α-hetero) is 1. The largest absolute Gasteiger partial charge is 0.460 e. The minimum Gasteiger partial charge on any atom is -0.460 e. The van der Waals surface area contributed by atoms with E-state index >= 15 is 0 Å². The minimum absolute atomic E-state index is 0.0687. The van der Waals surface area contributed by atoms with Crippen LogP contribution in [0, 0.1) is 5.92 Å². The number of unbranched alkanes of at least 4 members (excludes halogenated alkanes) is 2. The fraction of sp³-hybridized carbons (Fsp3) is 0.750. The molecule has 0 aromatic carbocycles. The van der Waals surface area contributed by atoms with Gasteiger partial charge in [-0.2, -0.15) is 0 Å². The molecule has 0 spiro atoms. The summed E-state index contributed by atoms with van der Waals surface area (Å²) in [6.45, 7) is 7.72. The van der Waals surface area contributed by atoms with Crippen molar-refractivity contribution in [3.05, 3.63) is 11.6 Å². The molecule has 1 rings (SSSR count). The van der Waals surface area contributed by atoms with E-state index < -0.39 is 5.60 Å². The Hall–Kier alpha value is -1.12. The van der Waals surface area contributed by atoms with Crippen molar-refractivity contribution < 1.29 is 14.3 Å². The summed E-state index contributed by atoms with van der Waals surface area (Å²) in [5.41, 5.74) is 0.408. The second-order valence-corrected chi connectivity index (χ2v) is 6.25. The number of ketones is 1. The average molecular weight is 266 g/mol. The van der Waals surface area contributed by atoms with Crippen LogP contribution in [-0.2, 0) is 14.3 Å². The molecule has 0 aliphatic heterocycles. The molecule has 19 heavy (non-hydrogen) atoms.